The molecule has 0 radical (unpaired) electrons. The second kappa shape index (κ2) is 7.13. The van der Waals surface area contributed by atoms with Crippen LogP contribution < -0.4 is 15.0 Å². The summed E-state index contributed by atoms with van der Waals surface area (Å²) < 4.78 is 5.01. The quantitative estimate of drug-likeness (QED) is 0.624. The number of nitrogens with zero attached hydrogens (tertiary/aromatic N) is 1. The van der Waals surface area contributed by atoms with Crippen LogP contribution >= 0.6 is 11.6 Å². The van der Waals surface area contributed by atoms with E-state index in [9.17, 15) is 19.5 Å². The normalized spacial score (nSPS) is 15.9. The molecule has 2 aromatic carbocycles. The van der Waals surface area contributed by atoms with Gasteiger partial charge in [-0.3, -0.25) is 14.9 Å². The maximum absolute atomic E-state index is 12.8. The van der Waals surface area contributed by atoms with Crippen LogP contribution in [0.25, 0.3) is 6.08 Å². The van der Waals surface area contributed by atoms with E-state index in [1.54, 1.807) is 24.3 Å². The zero-order valence-corrected chi connectivity index (χ0v) is 15.2. The SMILES string of the molecule is COc1cc(Cl)cc(/C=C2/C(=O)NC(=O)N(c3ccc(C)cc3)C2=O)c1O. The minimum Gasteiger partial charge on any atom is -0.504 e. The Balaban J connectivity index is 2.07. The lowest BCUT2D eigenvalue weighted by atomic mass is 10.1. The molecule has 8 heteroatoms. The number of carbonyl (C=O) groups excluding carboxylic acids is 3. The number of ether oxygens (including phenoxy) is 1. The van der Waals surface area contributed by atoms with Crippen LogP contribution in [0.5, 0.6) is 11.5 Å². The summed E-state index contributed by atoms with van der Waals surface area (Å²) in [6.45, 7) is 1.87. The molecule has 7 nitrogen and oxygen atoms in total. The van der Waals surface area contributed by atoms with Crippen LogP contribution in [0.2, 0.25) is 5.02 Å². The van der Waals surface area contributed by atoms with Crippen molar-refractivity contribution in [2.24, 2.45) is 0 Å². The van der Waals surface area contributed by atoms with E-state index >= 15 is 0 Å². The average molecular weight is 387 g/mol. The fourth-order valence-electron chi connectivity index (χ4n) is 2.60. The summed E-state index contributed by atoms with van der Waals surface area (Å²) in [7, 11) is 1.35. The highest BCUT2D eigenvalue weighted by molar-refractivity contribution is 6.39. The second-order valence-electron chi connectivity index (χ2n) is 5.84. The van der Waals surface area contributed by atoms with Gasteiger partial charge in [-0.2, -0.15) is 0 Å². The van der Waals surface area contributed by atoms with E-state index in [-0.39, 0.29) is 27.7 Å². The molecule has 3 rings (SSSR count). The van der Waals surface area contributed by atoms with Crippen LogP contribution in [0, 0.1) is 6.92 Å². The first-order valence-corrected chi connectivity index (χ1v) is 8.24. The molecular weight excluding hydrogens is 372 g/mol. The molecule has 1 aliphatic rings. The zero-order valence-electron chi connectivity index (χ0n) is 14.4. The molecule has 0 bridgehead atoms. The van der Waals surface area contributed by atoms with Crippen molar-refractivity contribution < 1.29 is 24.2 Å². The lowest BCUT2D eigenvalue weighted by Gasteiger charge is -2.26. The molecule has 0 atom stereocenters. The van der Waals surface area contributed by atoms with Gasteiger partial charge in [0.25, 0.3) is 11.8 Å². The summed E-state index contributed by atoms with van der Waals surface area (Å²) in [6.07, 6.45) is 1.16. The van der Waals surface area contributed by atoms with E-state index in [4.69, 9.17) is 16.3 Å². The van der Waals surface area contributed by atoms with Gasteiger partial charge in [-0.1, -0.05) is 29.3 Å². The lowest BCUT2D eigenvalue weighted by molar-refractivity contribution is -0.122. The molecule has 2 aromatic rings. The Bertz CT molecular complexity index is 982. The van der Waals surface area contributed by atoms with Crippen LogP contribution in [0.3, 0.4) is 0 Å². The zero-order chi connectivity index (χ0) is 19.7. The van der Waals surface area contributed by atoms with Crippen molar-refractivity contribution in [2.45, 2.75) is 6.92 Å². The summed E-state index contributed by atoms with van der Waals surface area (Å²) in [5, 5.41) is 12.6. The molecule has 0 saturated carbocycles. The van der Waals surface area contributed by atoms with Crippen molar-refractivity contribution in [3.05, 3.63) is 58.1 Å². The Morgan fingerprint density at radius 2 is 1.81 bits per heavy atom. The Morgan fingerprint density at radius 1 is 1.15 bits per heavy atom. The predicted molar refractivity (Wildman–Crippen MR) is 99.8 cm³/mol. The maximum Gasteiger partial charge on any atom is 0.335 e. The summed E-state index contributed by atoms with van der Waals surface area (Å²) in [4.78, 5) is 38.1. The van der Waals surface area contributed by atoms with E-state index < -0.39 is 17.8 Å². The van der Waals surface area contributed by atoms with Crippen molar-refractivity contribution in [1.29, 1.82) is 0 Å². The third-order valence-corrected chi connectivity index (χ3v) is 4.20. The topological polar surface area (TPSA) is 95.9 Å². The highest BCUT2D eigenvalue weighted by Gasteiger charge is 2.37. The first-order chi connectivity index (χ1) is 12.8. The third-order valence-electron chi connectivity index (χ3n) is 3.98. The van der Waals surface area contributed by atoms with Gasteiger partial charge in [-0.05, 0) is 31.2 Å². The minimum atomic E-state index is -0.869. The van der Waals surface area contributed by atoms with Crippen LogP contribution in [0.1, 0.15) is 11.1 Å². The molecule has 0 aromatic heterocycles. The van der Waals surface area contributed by atoms with Gasteiger partial charge >= 0.3 is 6.03 Å². The maximum atomic E-state index is 12.8. The first-order valence-electron chi connectivity index (χ1n) is 7.86. The lowest BCUT2D eigenvalue weighted by Crippen LogP contribution is -2.54. The molecule has 2 N–H and O–H groups in total. The summed E-state index contributed by atoms with van der Waals surface area (Å²) >= 11 is 5.98. The number of nitrogens with one attached hydrogen (secondary N) is 1. The van der Waals surface area contributed by atoms with Crippen molar-refractivity contribution >= 4 is 41.2 Å². The van der Waals surface area contributed by atoms with Crippen LogP contribution in [0.4, 0.5) is 10.5 Å². The summed E-state index contributed by atoms with van der Waals surface area (Å²) in [5.41, 5.74) is 1.05. The number of imide groups is 2. The molecule has 0 aliphatic carbocycles. The monoisotopic (exact) mass is 386 g/mol. The summed E-state index contributed by atoms with van der Waals surface area (Å²) in [6, 6.07) is 8.59. The number of anilines is 1. The van der Waals surface area contributed by atoms with Crippen LogP contribution in [0.15, 0.2) is 42.0 Å². The van der Waals surface area contributed by atoms with Crippen molar-refractivity contribution in [3.8, 4) is 11.5 Å². The standard InChI is InChI=1S/C19H15ClN2O5/c1-10-3-5-13(6-4-10)22-18(25)14(17(24)21-19(22)26)8-11-7-12(20)9-15(27-2)16(11)23/h3-9,23H,1-2H3,(H,21,24,26)/b14-8-. The molecule has 138 valence electrons. The van der Waals surface area contributed by atoms with E-state index in [2.05, 4.69) is 5.32 Å². The number of aromatic hydroxyl groups is 1. The number of phenols is 1. The van der Waals surface area contributed by atoms with Gasteiger partial charge in [0.15, 0.2) is 11.5 Å². The van der Waals surface area contributed by atoms with Gasteiger partial charge in [0.1, 0.15) is 5.57 Å². The van der Waals surface area contributed by atoms with Crippen molar-refractivity contribution in [3.63, 3.8) is 0 Å². The van der Waals surface area contributed by atoms with Crippen molar-refractivity contribution in [1.82, 2.24) is 5.32 Å². The number of carbonyl (C=O) groups is 3. The number of benzene rings is 2. The number of aryl methyl sites for hydroxylation is 1. The molecule has 1 heterocycles. The van der Waals surface area contributed by atoms with Gasteiger partial charge in [-0.25, -0.2) is 9.69 Å². The van der Waals surface area contributed by atoms with Crippen LogP contribution in [-0.2, 0) is 9.59 Å². The van der Waals surface area contributed by atoms with E-state index in [0.717, 1.165) is 16.5 Å². The van der Waals surface area contributed by atoms with Gasteiger partial charge in [0.05, 0.1) is 12.8 Å². The van der Waals surface area contributed by atoms with E-state index in [1.165, 1.54) is 19.2 Å². The largest absolute Gasteiger partial charge is 0.504 e. The molecule has 0 spiro atoms. The van der Waals surface area contributed by atoms with Crippen molar-refractivity contribution in [2.75, 3.05) is 12.0 Å². The molecule has 27 heavy (non-hydrogen) atoms. The van der Waals surface area contributed by atoms with Gasteiger partial charge < -0.3 is 9.84 Å². The van der Waals surface area contributed by atoms with Gasteiger partial charge in [0.2, 0.25) is 0 Å². The Hall–Kier alpha value is -3.32. The number of urea groups is 1. The fourth-order valence-corrected chi connectivity index (χ4v) is 2.82. The molecule has 4 amide bonds. The smallest absolute Gasteiger partial charge is 0.335 e. The number of hydrogen-bond acceptors (Lipinski definition) is 5. The molecule has 1 saturated heterocycles. The first kappa shape index (κ1) is 18.5. The number of phenolic OH excluding ortho intramolecular Hbond substituents is 1. The minimum absolute atomic E-state index is 0.0875. The number of rotatable bonds is 3. The number of halogens is 1. The molecular formula is C19H15ClN2O5. The summed E-state index contributed by atoms with van der Waals surface area (Å²) in [5.74, 6) is -1.88. The molecule has 1 fully saturated rings. The second-order valence-corrected chi connectivity index (χ2v) is 6.28. The fraction of sp³-hybridized carbons (Fsp3) is 0.105. The number of barbiturate groups is 1. The predicted octanol–water partition coefficient (Wildman–Crippen LogP) is 3.03. The van der Waals surface area contributed by atoms with Crippen LogP contribution in [-0.4, -0.2) is 30.1 Å². The number of amides is 4. The Kier molecular flexibility index (Phi) is 4.87. The van der Waals surface area contributed by atoms with Gasteiger partial charge in [-0.15, -0.1) is 0 Å². The number of methoxy groups -OCH3 is 1. The highest BCUT2D eigenvalue weighted by atomic mass is 35.5. The average Bonchev–Trinajstić information content (AvgIpc) is 2.62. The number of hydrogen-bond donors (Lipinski definition) is 2. The third kappa shape index (κ3) is 3.50. The molecule has 1 aliphatic heterocycles. The Labute approximate surface area is 159 Å². The van der Waals surface area contributed by atoms with E-state index in [0.29, 0.717) is 5.69 Å². The highest BCUT2D eigenvalue weighted by Crippen LogP contribution is 2.35. The Morgan fingerprint density at radius 3 is 2.44 bits per heavy atom. The van der Waals surface area contributed by atoms with Gasteiger partial charge in [0, 0.05) is 16.7 Å². The molecule has 0 unspecified atom stereocenters. The van der Waals surface area contributed by atoms with E-state index in [1.807, 2.05) is 6.92 Å².